The topological polar surface area (TPSA) is 81.1 Å². The number of hydrogen-bond donors (Lipinski definition) is 2. The lowest BCUT2D eigenvalue weighted by molar-refractivity contribution is 0.0748. The van der Waals surface area contributed by atoms with Crippen LogP contribution in [0.5, 0.6) is 0 Å². The van der Waals surface area contributed by atoms with Gasteiger partial charge in [-0.15, -0.1) is 5.10 Å². The Morgan fingerprint density at radius 2 is 1.46 bits per heavy atom. The van der Waals surface area contributed by atoms with Gasteiger partial charge in [0.1, 0.15) is 6.61 Å². The average molecular weight is 379 g/mol. The number of rotatable bonds is 8. The van der Waals surface area contributed by atoms with Gasteiger partial charge in [0, 0.05) is 20.2 Å². The molecule has 1 heterocycles. The Hall–Kier alpha value is -3.19. The molecule has 7 heteroatoms. The third-order valence-corrected chi connectivity index (χ3v) is 4.25. The fraction of sp³-hybridized carbons (Fsp3) is 0.286. The number of aryl methyl sites for hydroxylation is 2. The number of carbonyl (C=O) groups excluding carboxylic acids is 1. The number of nitrogens with one attached hydrogen (secondary N) is 2. The van der Waals surface area contributed by atoms with Crippen molar-refractivity contribution < 1.29 is 9.53 Å². The lowest BCUT2D eigenvalue weighted by Crippen LogP contribution is -2.20. The molecule has 146 valence electrons. The largest absolute Gasteiger partial charge is 0.375 e. The van der Waals surface area contributed by atoms with Crippen molar-refractivity contribution in [1.29, 1.82) is 0 Å². The molecule has 2 N–H and O–H groups in total. The van der Waals surface area contributed by atoms with Crippen LogP contribution < -0.4 is 10.6 Å². The Bertz CT molecular complexity index is 917. The first kappa shape index (κ1) is 19.6. The zero-order chi connectivity index (χ0) is 19.9. The molecule has 3 rings (SSSR count). The van der Waals surface area contributed by atoms with Gasteiger partial charge in [-0.05, 0) is 25.0 Å². The van der Waals surface area contributed by atoms with Crippen molar-refractivity contribution in [2.75, 3.05) is 24.4 Å². The zero-order valence-corrected chi connectivity index (χ0v) is 16.4. The molecule has 0 aliphatic rings. The summed E-state index contributed by atoms with van der Waals surface area (Å²) in [5.41, 5.74) is 4.61. The molecule has 0 spiro atoms. The molecule has 7 nitrogen and oxygen atoms in total. The third kappa shape index (κ3) is 5.17. The van der Waals surface area contributed by atoms with Crippen LogP contribution in [0.4, 0.5) is 11.9 Å². The summed E-state index contributed by atoms with van der Waals surface area (Å²) >= 11 is 0. The van der Waals surface area contributed by atoms with Gasteiger partial charge in [-0.25, -0.2) is 0 Å². The van der Waals surface area contributed by atoms with Crippen LogP contribution >= 0.6 is 0 Å². The van der Waals surface area contributed by atoms with Gasteiger partial charge in [-0.3, -0.25) is 4.79 Å². The van der Waals surface area contributed by atoms with E-state index in [-0.39, 0.29) is 12.5 Å². The minimum Gasteiger partial charge on any atom is -0.375 e. The van der Waals surface area contributed by atoms with E-state index in [2.05, 4.69) is 32.8 Å². The summed E-state index contributed by atoms with van der Waals surface area (Å²) in [6.07, 6.45) is 0. The maximum Gasteiger partial charge on any atom is 0.276 e. The Morgan fingerprint density at radius 3 is 2.00 bits per heavy atom. The maximum absolute atomic E-state index is 12.3. The minimum atomic E-state index is -0.287. The highest BCUT2D eigenvalue weighted by Gasteiger charge is 2.16. The summed E-state index contributed by atoms with van der Waals surface area (Å²) in [6, 6.07) is 16.4. The number of nitrogens with zero attached hydrogens (tertiary/aromatic N) is 3. The first-order valence-corrected chi connectivity index (χ1v) is 9.13. The fourth-order valence-electron chi connectivity index (χ4n) is 2.63. The lowest BCUT2D eigenvalue weighted by atomic mass is 10.1. The van der Waals surface area contributed by atoms with Crippen molar-refractivity contribution in [1.82, 2.24) is 14.8 Å². The summed E-state index contributed by atoms with van der Waals surface area (Å²) in [4.78, 5) is 16.7. The van der Waals surface area contributed by atoms with E-state index < -0.39 is 0 Å². The smallest absolute Gasteiger partial charge is 0.276 e. The van der Waals surface area contributed by atoms with E-state index in [1.165, 1.54) is 22.9 Å². The van der Waals surface area contributed by atoms with Gasteiger partial charge < -0.3 is 15.4 Å². The van der Waals surface area contributed by atoms with Crippen molar-refractivity contribution in [3.05, 3.63) is 70.8 Å². The van der Waals surface area contributed by atoms with Crippen LogP contribution in [0.25, 0.3) is 0 Å². The van der Waals surface area contributed by atoms with Crippen molar-refractivity contribution in [2.24, 2.45) is 0 Å². The molecule has 0 atom stereocenters. The highest BCUT2D eigenvalue weighted by atomic mass is 16.5. The molecule has 0 fully saturated rings. The molecule has 0 bridgehead atoms. The molecule has 0 aliphatic heterocycles. The second kappa shape index (κ2) is 9.14. The maximum atomic E-state index is 12.3. The van der Waals surface area contributed by atoms with Crippen LogP contribution in [0.1, 0.15) is 27.0 Å². The predicted molar refractivity (Wildman–Crippen MR) is 110 cm³/mol. The first-order valence-electron chi connectivity index (χ1n) is 9.13. The quantitative estimate of drug-likeness (QED) is 0.624. The Kier molecular flexibility index (Phi) is 6.39. The lowest BCUT2D eigenvalue weighted by Gasteiger charge is -2.07. The monoisotopic (exact) mass is 379 g/mol. The average Bonchev–Trinajstić information content (AvgIpc) is 3.11. The number of hydrogen-bond acceptors (Lipinski definition) is 6. The van der Waals surface area contributed by atoms with Crippen molar-refractivity contribution >= 4 is 17.8 Å². The van der Waals surface area contributed by atoms with Crippen LogP contribution in [-0.2, 0) is 17.8 Å². The first-order chi connectivity index (χ1) is 13.5. The van der Waals surface area contributed by atoms with Crippen LogP contribution in [0.3, 0.4) is 0 Å². The standard InChI is InChI=1S/C21H25N5O2/c1-15-4-8-17(9-5-15)12-22-20-24-21(26(25-20)19(27)14-28-3)23-13-18-10-6-16(2)7-11-18/h4-11H,12-14H2,1-3H3,(H2,22,23,24,25). The van der Waals surface area contributed by atoms with Crippen LogP contribution in [0, 0.1) is 13.8 Å². The molecular formula is C21H25N5O2. The number of ether oxygens (including phenoxy) is 1. The number of carbonyl (C=O) groups is 1. The molecule has 3 aromatic rings. The van der Waals surface area contributed by atoms with Crippen molar-refractivity contribution in [3.63, 3.8) is 0 Å². The minimum absolute atomic E-state index is 0.0695. The number of anilines is 2. The van der Waals surface area contributed by atoms with Crippen LogP contribution in [-0.4, -0.2) is 34.4 Å². The van der Waals surface area contributed by atoms with Gasteiger partial charge in [0.05, 0.1) is 0 Å². The molecule has 0 saturated carbocycles. The second-order valence-corrected chi connectivity index (χ2v) is 6.68. The summed E-state index contributed by atoms with van der Waals surface area (Å²) in [5, 5.41) is 10.6. The summed E-state index contributed by atoms with van der Waals surface area (Å²) in [5.74, 6) is 0.482. The van der Waals surface area contributed by atoms with Gasteiger partial charge >= 0.3 is 0 Å². The molecule has 0 amide bonds. The zero-order valence-electron chi connectivity index (χ0n) is 16.4. The highest BCUT2D eigenvalue weighted by Crippen LogP contribution is 2.13. The molecule has 0 saturated heterocycles. The predicted octanol–water partition coefficient (Wildman–Crippen LogP) is 3.41. The van der Waals surface area contributed by atoms with E-state index in [0.29, 0.717) is 25.0 Å². The molecule has 0 radical (unpaired) electrons. The highest BCUT2D eigenvalue weighted by molar-refractivity contribution is 5.82. The Labute approximate surface area is 164 Å². The van der Waals surface area contributed by atoms with Crippen molar-refractivity contribution in [3.8, 4) is 0 Å². The van der Waals surface area contributed by atoms with Gasteiger partial charge in [0.15, 0.2) is 0 Å². The van der Waals surface area contributed by atoms with Crippen LogP contribution in [0.2, 0.25) is 0 Å². The number of methoxy groups -OCH3 is 1. The van der Waals surface area contributed by atoms with Crippen molar-refractivity contribution in [2.45, 2.75) is 26.9 Å². The van der Waals surface area contributed by atoms with E-state index in [4.69, 9.17) is 4.74 Å². The van der Waals surface area contributed by atoms with E-state index >= 15 is 0 Å². The Morgan fingerprint density at radius 1 is 0.929 bits per heavy atom. The third-order valence-electron chi connectivity index (χ3n) is 4.25. The number of benzene rings is 2. The van der Waals surface area contributed by atoms with E-state index in [1.807, 2.05) is 50.2 Å². The van der Waals surface area contributed by atoms with Gasteiger partial charge in [-0.2, -0.15) is 9.67 Å². The SMILES string of the molecule is COCC(=O)n1nc(NCc2ccc(C)cc2)nc1NCc1ccc(C)cc1. The summed E-state index contributed by atoms with van der Waals surface area (Å²) in [7, 11) is 1.48. The normalized spacial score (nSPS) is 10.7. The van der Waals surface area contributed by atoms with Crippen LogP contribution in [0.15, 0.2) is 48.5 Å². The number of aromatic nitrogens is 3. The fourth-order valence-corrected chi connectivity index (χ4v) is 2.63. The van der Waals surface area contributed by atoms with Gasteiger partial charge in [0.2, 0.25) is 11.9 Å². The molecule has 0 unspecified atom stereocenters. The molecule has 1 aromatic heterocycles. The van der Waals surface area contributed by atoms with E-state index in [1.54, 1.807) is 0 Å². The molecular weight excluding hydrogens is 354 g/mol. The van der Waals surface area contributed by atoms with E-state index in [9.17, 15) is 4.79 Å². The van der Waals surface area contributed by atoms with E-state index in [0.717, 1.165) is 11.1 Å². The summed E-state index contributed by atoms with van der Waals surface area (Å²) < 4.78 is 6.20. The molecule has 2 aromatic carbocycles. The molecule has 0 aliphatic carbocycles. The second-order valence-electron chi connectivity index (χ2n) is 6.68. The molecule has 28 heavy (non-hydrogen) atoms. The van der Waals surface area contributed by atoms with Gasteiger partial charge in [0.25, 0.3) is 5.91 Å². The van der Waals surface area contributed by atoms with Gasteiger partial charge in [-0.1, -0.05) is 59.7 Å². The Balaban J connectivity index is 1.72. The summed E-state index contributed by atoms with van der Waals surface area (Å²) in [6.45, 7) is 5.13.